The van der Waals surface area contributed by atoms with E-state index in [-0.39, 0.29) is 11.7 Å². The van der Waals surface area contributed by atoms with Crippen LogP contribution in [0.1, 0.15) is 13.8 Å². The Hall–Kier alpha value is -2.30. The molecule has 0 saturated heterocycles. The first-order chi connectivity index (χ1) is 9.11. The van der Waals surface area contributed by atoms with Gasteiger partial charge in [0.2, 0.25) is 5.88 Å². The Morgan fingerprint density at radius 3 is 2.74 bits per heavy atom. The van der Waals surface area contributed by atoms with Gasteiger partial charge < -0.3 is 14.8 Å². The van der Waals surface area contributed by atoms with Crippen LogP contribution in [0.5, 0.6) is 0 Å². The normalized spacial score (nSPS) is 13.7. The molecule has 1 N–H and O–H groups in total. The molecule has 0 amide bonds. The van der Waals surface area contributed by atoms with Crippen molar-refractivity contribution in [2.45, 2.75) is 20.0 Å². The highest BCUT2D eigenvalue weighted by molar-refractivity contribution is 6.11. The van der Waals surface area contributed by atoms with Crippen molar-refractivity contribution in [3.05, 3.63) is 35.7 Å². The number of fused-ring (bicyclic) bond motifs is 1. The number of benzene rings is 1. The Labute approximate surface area is 111 Å². The number of hydrogen-bond donors (Lipinski definition) is 1. The summed E-state index contributed by atoms with van der Waals surface area (Å²) in [4.78, 5) is 16.0. The van der Waals surface area contributed by atoms with Gasteiger partial charge in [-0.2, -0.15) is 0 Å². The van der Waals surface area contributed by atoms with Crippen molar-refractivity contribution in [1.29, 1.82) is 0 Å². The van der Waals surface area contributed by atoms with Gasteiger partial charge in [-0.15, -0.1) is 0 Å². The Morgan fingerprint density at radius 2 is 2.05 bits per heavy atom. The largest absolute Gasteiger partial charge is 0.476 e. The van der Waals surface area contributed by atoms with E-state index >= 15 is 0 Å². The third-order valence-electron chi connectivity index (χ3n) is 2.49. The molecule has 0 saturated carbocycles. The zero-order valence-electron chi connectivity index (χ0n) is 11.1. The van der Waals surface area contributed by atoms with Gasteiger partial charge in [0.05, 0.1) is 24.6 Å². The number of rotatable bonds is 3. The molecule has 0 aliphatic carbocycles. The lowest BCUT2D eigenvalue weighted by Gasteiger charge is -2.16. The van der Waals surface area contributed by atoms with Crippen LogP contribution in [-0.2, 0) is 14.3 Å². The van der Waals surface area contributed by atoms with Gasteiger partial charge in [0.25, 0.3) is 0 Å². The summed E-state index contributed by atoms with van der Waals surface area (Å²) < 4.78 is 10.4. The average molecular weight is 260 g/mol. The summed E-state index contributed by atoms with van der Waals surface area (Å²) in [6, 6.07) is 7.49. The van der Waals surface area contributed by atoms with Crippen molar-refractivity contribution in [3.8, 4) is 0 Å². The molecular weight excluding hydrogens is 244 g/mol. The topological polar surface area (TPSA) is 59.9 Å². The third-order valence-corrected chi connectivity index (χ3v) is 2.49. The van der Waals surface area contributed by atoms with E-state index in [2.05, 4.69) is 10.3 Å². The number of aliphatic imine (C=N–C) groups is 1. The Bertz CT molecular complexity index is 547. The van der Waals surface area contributed by atoms with Gasteiger partial charge in [-0.05, 0) is 26.0 Å². The van der Waals surface area contributed by atoms with Crippen LogP contribution in [0.3, 0.4) is 0 Å². The average Bonchev–Trinajstić information content (AvgIpc) is 2.56. The highest BCUT2D eigenvalue weighted by Gasteiger charge is 2.20. The molecule has 5 heteroatoms. The lowest BCUT2D eigenvalue weighted by atomic mass is 10.2. The number of nitrogens with one attached hydrogen (secondary N) is 1. The number of para-hydroxylation sites is 2. The van der Waals surface area contributed by atoms with Crippen LogP contribution in [-0.4, -0.2) is 25.4 Å². The molecule has 0 atom stereocenters. The van der Waals surface area contributed by atoms with Crippen molar-refractivity contribution in [2.24, 2.45) is 4.99 Å². The molecule has 1 heterocycles. The van der Waals surface area contributed by atoms with Crippen LogP contribution in [0.4, 0.5) is 11.4 Å². The minimum absolute atomic E-state index is 0.0687. The number of methoxy groups -OCH3 is 1. The number of carbonyl (C=O) groups is 1. The first kappa shape index (κ1) is 13.1. The van der Waals surface area contributed by atoms with E-state index in [4.69, 9.17) is 9.47 Å². The summed E-state index contributed by atoms with van der Waals surface area (Å²) in [6.07, 6.45) is 1.39. The number of hydrogen-bond acceptors (Lipinski definition) is 5. The van der Waals surface area contributed by atoms with E-state index in [1.54, 1.807) is 0 Å². The lowest BCUT2D eigenvalue weighted by Crippen LogP contribution is -2.17. The summed E-state index contributed by atoms with van der Waals surface area (Å²) in [5, 5.41) is 3.09. The molecule has 1 aromatic rings. The van der Waals surface area contributed by atoms with Crippen molar-refractivity contribution in [2.75, 3.05) is 12.4 Å². The fourth-order valence-electron chi connectivity index (χ4n) is 1.66. The molecule has 1 aliphatic rings. The second-order valence-electron chi connectivity index (χ2n) is 4.30. The number of ether oxygens (including phenoxy) is 2. The summed E-state index contributed by atoms with van der Waals surface area (Å²) in [5.74, 6) is -0.129. The van der Waals surface area contributed by atoms with E-state index < -0.39 is 5.97 Å². The number of nitrogens with zero attached hydrogens (tertiary/aromatic N) is 1. The van der Waals surface area contributed by atoms with Crippen molar-refractivity contribution in [3.63, 3.8) is 0 Å². The van der Waals surface area contributed by atoms with Crippen molar-refractivity contribution < 1.29 is 14.3 Å². The summed E-state index contributed by atoms with van der Waals surface area (Å²) >= 11 is 0. The van der Waals surface area contributed by atoms with E-state index in [1.807, 2.05) is 38.1 Å². The van der Waals surface area contributed by atoms with E-state index in [1.165, 1.54) is 13.3 Å². The summed E-state index contributed by atoms with van der Waals surface area (Å²) in [5.41, 5.74) is 1.80. The molecule has 0 fully saturated rings. The van der Waals surface area contributed by atoms with Crippen molar-refractivity contribution >= 4 is 23.6 Å². The second-order valence-corrected chi connectivity index (χ2v) is 4.30. The highest BCUT2D eigenvalue weighted by atomic mass is 16.5. The zero-order valence-corrected chi connectivity index (χ0v) is 11.1. The van der Waals surface area contributed by atoms with E-state index in [0.717, 1.165) is 11.4 Å². The molecule has 1 aliphatic heterocycles. The van der Waals surface area contributed by atoms with Crippen LogP contribution >= 0.6 is 0 Å². The van der Waals surface area contributed by atoms with Crippen molar-refractivity contribution in [1.82, 2.24) is 0 Å². The predicted octanol–water partition coefficient (Wildman–Crippen LogP) is 2.62. The fourth-order valence-corrected chi connectivity index (χ4v) is 1.66. The second kappa shape index (κ2) is 5.56. The minimum Gasteiger partial charge on any atom is -0.476 e. The smallest absolute Gasteiger partial charge is 0.344 e. The van der Waals surface area contributed by atoms with Crippen LogP contribution in [0.2, 0.25) is 0 Å². The Morgan fingerprint density at radius 1 is 1.32 bits per heavy atom. The number of esters is 1. The van der Waals surface area contributed by atoms with Gasteiger partial charge in [0.15, 0.2) is 0 Å². The Balaban J connectivity index is 2.44. The summed E-state index contributed by atoms with van der Waals surface area (Å²) in [7, 11) is 1.33. The molecule has 100 valence electrons. The predicted molar refractivity (Wildman–Crippen MR) is 73.5 cm³/mol. The molecule has 0 spiro atoms. The monoisotopic (exact) mass is 260 g/mol. The maximum absolute atomic E-state index is 11.8. The van der Waals surface area contributed by atoms with E-state index in [0.29, 0.717) is 5.88 Å². The maximum atomic E-state index is 11.8. The van der Waals surface area contributed by atoms with Crippen LogP contribution < -0.4 is 5.32 Å². The SMILES string of the molecule is COC(=O)C1=C(OC(C)C)Nc2ccccc2N=C1. The van der Waals surface area contributed by atoms with Gasteiger partial charge in [-0.3, -0.25) is 4.99 Å². The molecule has 0 unspecified atom stereocenters. The standard InChI is InChI=1S/C14H16N2O3/c1-9(2)19-13-10(14(17)18-3)8-15-11-6-4-5-7-12(11)16-13/h4-9,16H,1-3H3. The van der Waals surface area contributed by atoms with Gasteiger partial charge >= 0.3 is 5.97 Å². The molecular formula is C14H16N2O3. The van der Waals surface area contributed by atoms with Gasteiger partial charge in [-0.1, -0.05) is 12.1 Å². The molecule has 0 aromatic heterocycles. The zero-order chi connectivity index (χ0) is 13.8. The number of carbonyl (C=O) groups excluding carboxylic acids is 1. The first-order valence-electron chi connectivity index (χ1n) is 6.01. The molecule has 2 rings (SSSR count). The lowest BCUT2D eigenvalue weighted by molar-refractivity contribution is -0.135. The molecule has 0 radical (unpaired) electrons. The Kier molecular flexibility index (Phi) is 3.85. The third kappa shape index (κ3) is 2.93. The highest BCUT2D eigenvalue weighted by Crippen LogP contribution is 2.29. The molecule has 5 nitrogen and oxygen atoms in total. The van der Waals surface area contributed by atoms with Crippen LogP contribution in [0.15, 0.2) is 40.7 Å². The molecule has 19 heavy (non-hydrogen) atoms. The van der Waals surface area contributed by atoms with Gasteiger partial charge in [-0.25, -0.2) is 4.79 Å². The molecule has 0 bridgehead atoms. The van der Waals surface area contributed by atoms with Crippen LogP contribution in [0.25, 0.3) is 0 Å². The number of anilines is 1. The van der Waals surface area contributed by atoms with E-state index in [9.17, 15) is 4.79 Å². The fraction of sp³-hybridized carbons (Fsp3) is 0.286. The van der Waals surface area contributed by atoms with Crippen LogP contribution in [0, 0.1) is 0 Å². The van der Waals surface area contributed by atoms with Gasteiger partial charge in [0.1, 0.15) is 5.57 Å². The quantitative estimate of drug-likeness (QED) is 0.849. The van der Waals surface area contributed by atoms with Gasteiger partial charge in [0, 0.05) is 6.21 Å². The summed E-state index contributed by atoms with van der Waals surface area (Å²) in [6.45, 7) is 3.77. The first-order valence-corrected chi connectivity index (χ1v) is 6.01. The minimum atomic E-state index is -0.486. The maximum Gasteiger partial charge on any atom is 0.344 e. The molecule has 1 aromatic carbocycles.